The second kappa shape index (κ2) is 7.87. The Hall–Kier alpha value is -3.10. The van der Waals surface area contributed by atoms with Gasteiger partial charge in [0.2, 0.25) is 0 Å². The minimum Gasteiger partial charge on any atom is -0.493 e. The number of carbonyl (C=O) groups excluding carboxylic acids is 4. The number of rotatable bonds is 6. The Morgan fingerprint density at radius 2 is 2.07 bits per heavy atom. The number of urea groups is 1. The van der Waals surface area contributed by atoms with Crippen LogP contribution in [-0.2, 0) is 24.7 Å². The van der Waals surface area contributed by atoms with Crippen LogP contribution < -0.4 is 15.4 Å². The fourth-order valence-electron chi connectivity index (χ4n) is 3.21. The molecular weight excluding hydrogens is 366 g/mol. The molecule has 1 aromatic carbocycles. The Morgan fingerprint density at radius 1 is 1.32 bits per heavy atom. The summed E-state index contributed by atoms with van der Waals surface area (Å²) in [6.45, 7) is 3.58. The molecule has 0 radical (unpaired) electrons. The molecule has 2 heterocycles. The SMILES string of the molecule is CC(C)CNC(=O)COC(=O)CN1C(=O)N[C@@]2(CCOc3ccccc32)C1=O. The molecular formula is C19H23N3O6. The molecule has 0 unspecified atom stereocenters. The molecule has 1 fully saturated rings. The molecule has 2 aliphatic rings. The van der Waals surface area contributed by atoms with E-state index in [-0.39, 0.29) is 18.9 Å². The van der Waals surface area contributed by atoms with E-state index >= 15 is 0 Å². The van der Waals surface area contributed by atoms with Crippen LogP contribution in [0.3, 0.4) is 0 Å². The van der Waals surface area contributed by atoms with Crippen LogP contribution in [0.1, 0.15) is 25.8 Å². The molecule has 4 amide bonds. The maximum Gasteiger partial charge on any atom is 0.326 e. The van der Waals surface area contributed by atoms with Crippen molar-refractivity contribution < 1.29 is 28.7 Å². The molecule has 1 atom stereocenters. The lowest BCUT2D eigenvalue weighted by Crippen LogP contribution is -2.47. The van der Waals surface area contributed by atoms with Gasteiger partial charge in [-0.05, 0) is 12.0 Å². The van der Waals surface area contributed by atoms with Crippen molar-refractivity contribution in [3.05, 3.63) is 29.8 Å². The molecule has 3 rings (SSSR count). The number of nitrogens with zero attached hydrogens (tertiary/aromatic N) is 1. The van der Waals surface area contributed by atoms with Gasteiger partial charge in [-0.25, -0.2) is 4.79 Å². The van der Waals surface area contributed by atoms with E-state index in [9.17, 15) is 19.2 Å². The summed E-state index contributed by atoms with van der Waals surface area (Å²) in [5.41, 5.74) is -0.690. The lowest BCUT2D eigenvalue weighted by atomic mass is 9.84. The Kier molecular flexibility index (Phi) is 5.53. The van der Waals surface area contributed by atoms with Crippen LogP contribution in [-0.4, -0.2) is 55.0 Å². The highest BCUT2D eigenvalue weighted by Crippen LogP contribution is 2.40. The van der Waals surface area contributed by atoms with Crippen LogP contribution in [0.25, 0.3) is 0 Å². The van der Waals surface area contributed by atoms with Crippen LogP contribution in [0.5, 0.6) is 5.75 Å². The van der Waals surface area contributed by atoms with Crippen molar-refractivity contribution in [3.8, 4) is 5.75 Å². The fourth-order valence-corrected chi connectivity index (χ4v) is 3.21. The molecule has 0 aliphatic carbocycles. The van der Waals surface area contributed by atoms with Crippen molar-refractivity contribution in [2.75, 3.05) is 26.3 Å². The molecule has 2 N–H and O–H groups in total. The lowest BCUT2D eigenvalue weighted by Gasteiger charge is -2.33. The van der Waals surface area contributed by atoms with Crippen molar-refractivity contribution in [1.82, 2.24) is 15.5 Å². The number of hydrogen-bond donors (Lipinski definition) is 2. The van der Waals surface area contributed by atoms with Gasteiger partial charge < -0.3 is 20.1 Å². The molecule has 150 valence electrons. The predicted octanol–water partition coefficient (Wildman–Crippen LogP) is 0.532. The number of benzene rings is 1. The molecule has 9 heteroatoms. The van der Waals surface area contributed by atoms with Crippen LogP contribution in [0.4, 0.5) is 4.79 Å². The normalized spacial score (nSPS) is 20.6. The number of ether oxygens (including phenoxy) is 2. The minimum absolute atomic E-state index is 0.261. The summed E-state index contributed by atoms with van der Waals surface area (Å²) >= 11 is 0. The number of imide groups is 1. The molecule has 0 bridgehead atoms. The van der Waals surface area contributed by atoms with E-state index in [4.69, 9.17) is 9.47 Å². The van der Waals surface area contributed by atoms with Crippen molar-refractivity contribution in [1.29, 1.82) is 0 Å². The van der Waals surface area contributed by atoms with Crippen molar-refractivity contribution in [2.24, 2.45) is 5.92 Å². The number of amides is 4. The first-order valence-corrected chi connectivity index (χ1v) is 9.12. The molecule has 1 spiro atoms. The first-order valence-electron chi connectivity index (χ1n) is 9.12. The number of esters is 1. The smallest absolute Gasteiger partial charge is 0.326 e. The maximum absolute atomic E-state index is 13.0. The summed E-state index contributed by atoms with van der Waals surface area (Å²) in [6, 6.07) is 6.29. The molecule has 1 aromatic rings. The quantitative estimate of drug-likeness (QED) is 0.542. The predicted molar refractivity (Wildman–Crippen MR) is 97.3 cm³/mol. The lowest BCUT2D eigenvalue weighted by molar-refractivity contribution is -0.151. The summed E-state index contributed by atoms with van der Waals surface area (Å²) < 4.78 is 10.4. The van der Waals surface area contributed by atoms with Gasteiger partial charge in [0.25, 0.3) is 11.8 Å². The standard InChI is InChI=1S/C19H23N3O6/c1-12(2)9-20-15(23)11-28-16(24)10-22-17(25)19(21-18(22)26)7-8-27-14-6-4-3-5-13(14)19/h3-6,12H,7-11H2,1-2H3,(H,20,23)(H,21,26)/t19-/m1/s1. The average Bonchev–Trinajstić information content (AvgIpc) is 2.90. The summed E-state index contributed by atoms with van der Waals surface area (Å²) in [6.07, 6.45) is 0.262. The molecule has 9 nitrogen and oxygen atoms in total. The zero-order valence-electron chi connectivity index (χ0n) is 15.8. The summed E-state index contributed by atoms with van der Waals surface area (Å²) in [7, 11) is 0. The van der Waals surface area contributed by atoms with Crippen molar-refractivity contribution >= 4 is 23.8 Å². The van der Waals surface area contributed by atoms with Gasteiger partial charge in [-0.3, -0.25) is 19.3 Å². The fraction of sp³-hybridized carbons (Fsp3) is 0.474. The van der Waals surface area contributed by atoms with Crippen molar-refractivity contribution in [3.63, 3.8) is 0 Å². The van der Waals surface area contributed by atoms with Gasteiger partial charge in [0.15, 0.2) is 12.1 Å². The highest BCUT2D eigenvalue weighted by atomic mass is 16.5. The van der Waals surface area contributed by atoms with E-state index in [2.05, 4.69) is 10.6 Å². The van der Waals surface area contributed by atoms with E-state index in [1.165, 1.54) is 0 Å². The van der Waals surface area contributed by atoms with Crippen LogP contribution in [0.15, 0.2) is 24.3 Å². The topological polar surface area (TPSA) is 114 Å². The molecule has 28 heavy (non-hydrogen) atoms. The zero-order valence-corrected chi connectivity index (χ0v) is 15.8. The van der Waals surface area contributed by atoms with E-state index in [1.807, 2.05) is 13.8 Å². The Labute approximate surface area is 162 Å². The monoisotopic (exact) mass is 389 g/mol. The molecule has 2 aliphatic heterocycles. The van der Waals surface area contributed by atoms with E-state index in [0.29, 0.717) is 17.9 Å². The molecule has 0 aromatic heterocycles. The van der Waals surface area contributed by atoms with Crippen LogP contribution in [0.2, 0.25) is 0 Å². The summed E-state index contributed by atoms with van der Waals surface area (Å²) in [5.74, 6) is -1.01. The van der Waals surface area contributed by atoms with Crippen LogP contribution >= 0.6 is 0 Å². The third-order valence-corrected chi connectivity index (χ3v) is 4.62. The van der Waals surface area contributed by atoms with Gasteiger partial charge in [0.1, 0.15) is 12.3 Å². The third-order valence-electron chi connectivity index (χ3n) is 4.62. The van der Waals surface area contributed by atoms with Gasteiger partial charge in [0, 0.05) is 18.5 Å². The first kappa shape index (κ1) is 19.7. The number of nitrogens with one attached hydrogen (secondary N) is 2. The highest BCUT2D eigenvalue weighted by molar-refractivity contribution is 6.09. The van der Waals surface area contributed by atoms with E-state index in [0.717, 1.165) is 4.90 Å². The Balaban J connectivity index is 1.64. The van der Waals surface area contributed by atoms with Gasteiger partial charge in [0.05, 0.1) is 6.61 Å². The zero-order chi connectivity index (χ0) is 20.3. The molecule has 0 saturated carbocycles. The maximum atomic E-state index is 13.0. The molecule has 1 saturated heterocycles. The highest BCUT2D eigenvalue weighted by Gasteiger charge is 2.55. The number of para-hydroxylation sites is 1. The number of fused-ring (bicyclic) bond motifs is 2. The summed E-state index contributed by atoms with van der Waals surface area (Å²) in [5, 5.41) is 5.32. The van der Waals surface area contributed by atoms with Crippen LogP contribution in [0, 0.1) is 5.92 Å². The average molecular weight is 389 g/mol. The number of carbonyl (C=O) groups is 4. The van der Waals surface area contributed by atoms with Gasteiger partial charge in [-0.1, -0.05) is 32.0 Å². The Bertz CT molecular complexity index is 809. The Morgan fingerprint density at radius 3 is 2.82 bits per heavy atom. The van der Waals surface area contributed by atoms with E-state index in [1.54, 1.807) is 24.3 Å². The summed E-state index contributed by atoms with van der Waals surface area (Å²) in [4.78, 5) is 49.9. The second-order valence-corrected chi connectivity index (χ2v) is 7.18. The third kappa shape index (κ3) is 3.78. The van der Waals surface area contributed by atoms with Gasteiger partial charge >= 0.3 is 12.0 Å². The number of hydrogen-bond acceptors (Lipinski definition) is 6. The van der Waals surface area contributed by atoms with Gasteiger partial charge in [-0.15, -0.1) is 0 Å². The minimum atomic E-state index is -1.25. The van der Waals surface area contributed by atoms with Gasteiger partial charge in [-0.2, -0.15) is 0 Å². The van der Waals surface area contributed by atoms with E-state index < -0.39 is 42.5 Å². The second-order valence-electron chi connectivity index (χ2n) is 7.18. The largest absolute Gasteiger partial charge is 0.493 e. The first-order chi connectivity index (χ1) is 13.3. The van der Waals surface area contributed by atoms with Crippen molar-refractivity contribution in [2.45, 2.75) is 25.8 Å².